The maximum absolute atomic E-state index is 12.1. The Bertz CT molecular complexity index is 1150. The average Bonchev–Trinajstić information content (AvgIpc) is 2.80. The first-order valence-corrected chi connectivity index (χ1v) is 11.0. The van der Waals surface area contributed by atoms with Crippen molar-refractivity contribution in [3.8, 4) is 5.75 Å². The third kappa shape index (κ3) is 7.93. The standard InChI is InChI=1S/C25H23Cl2N3O3/c1-17-3-2-4-19(13-17)16-33-21-8-5-18(6-9-21)15-29-30-24(31)11-12-28-25(32)20-7-10-22(26)23(27)14-20/h2-10,13-15H,11-12,16H2,1H3,(H,28,32)(H,30,31). The molecule has 33 heavy (non-hydrogen) atoms. The van der Waals surface area contributed by atoms with E-state index >= 15 is 0 Å². The van der Waals surface area contributed by atoms with Crippen molar-refractivity contribution in [2.45, 2.75) is 20.0 Å². The van der Waals surface area contributed by atoms with Crippen LogP contribution in [-0.4, -0.2) is 24.6 Å². The summed E-state index contributed by atoms with van der Waals surface area (Å²) in [5.41, 5.74) is 5.92. The molecule has 170 valence electrons. The summed E-state index contributed by atoms with van der Waals surface area (Å²) in [4.78, 5) is 24.0. The highest BCUT2D eigenvalue weighted by molar-refractivity contribution is 6.42. The molecule has 0 radical (unpaired) electrons. The van der Waals surface area contributed by atoms with E-state index in [1.807, 2.05) is 49.4 Å². The number of ether oxygens (including phenoxy) is 1. The lowest BCUT2D eigenvalue weighted by Gasteiger charge is -2.07. The van der Waals surface area contributed by atoms with Crippen LogP contribution in [0.4, 0.5) is 0 Å². The van der Waals surface area contributed by atoms with Gasteiger partial charge in [-0.2, -0.15) is 5.10 Å². The van der Waals surface area contributed by atoms with Crippen LogP contribution in [0.15, 0.2) is 71.8 Å². The molecule has 6 nitrogen and oxygen atoms in total. The van der Waals surface area contributed by atoms with E-state index in [9.17, 15) is 9.59 Å². The highest BCUT2D eigenvalue weighted by atomic mass is 35.5. The summed E-state index contributed by atoms with van der Waals surface area (Å²) in [7, 11) is 0. The van der Waals surface area contributed by atoms with Crippen molar-refractivity contribution in [1.82, 2.24) is 10.7 Å². The quantitative estimate of drug-likeness (QED) is 0.326. The van der Waals surface area contributed by atoms with Gasteiger partial charge in [-0.05, 0) is 60.5 Å². The van der Waals surface area contributed by atoms with E-state index in [-0.39, 0.29) is 24.8 Å². The van der Waals surface area contributed by atoms with Crippen molar-refractivity contribution >= 4 is 41.2 Å². The maximum atomic E-state index is 12.1. The normalized spacial score (nSPS) is 10.8. The number of halogens is 2. The lowest BCUT2D eigenvalue weighted by atomic mass is 10.1. The molecular formula is C25H23Cl2N3O3. The number of carbonyl (C=O) groups is 2. The monoisotopic (exact) mass is 483 g/mol. The Morgan fingerprint density at radius 1 is 1.00 bits per heavy atom. The van der Waals surface area contributed by atoms with E-state index in [2.05, 4.69) is 21.9 Å². The van der Waals surface area contributed by atoms with Gasteiger partial charge in [0.15, 0.2) is 0 Å². The number of benzene rings is 3. The Kier molecular flexibility index (Phi) is 8.87. The summed E-state index contributed by atoms with van der Waals surface area (Å²) in [6.45, 7) is 2.70. The maximum Gasteiger partial charge on any atom is 0.251 e. The predicted octanol–water partition coefficient (Wildman–Crippen LogP) is 5.15. The second-order valence-electron chi connectivity index (χ2n) is 7.27. The Morgan fingerprint density at radius 2 is 1.79 bits per heavy atom. The minimum absolute atomic E-state index is 0.0795. The lowest BCUT2D eigenvalue weighted by Crippen LogP contribution is -2.29. The molecule has 0 bridgehead atoms. The number of carbonyl (C=O) groups excluding carboxylic acids is 2. The zero-order valence-corrected chi connectivity index (χ0v) is 19.5. The summed E-state index contributed by atoms with van der Waals surface area (Å²) in [6, 6.07) is 20.1. The molecule has 2 amide bonds. The third-order valence-corrected chi connectivity index (χ3v) is 5.33. The molecule has 3 aromatic rings. The van der Waals surface area contributed by atoms with Crippen molar-refractivity contribution in [3.05, 3.63) is 99.0 Å². The van der Waals surface area contributed by atoms with Crippen molar-refractivity contribution in [1.29, 1.82) is 0 Å². The molecule has 3 aromatic carbocycles. The third-order valence-electron chi connectivity index (χ3n) is 4.59. The van der Waals surface area contributed by atoms with Crippen molar-refractivity contribution in [3.63, 3.8) is 0 Å². The van der Waals surface area contributed by atoms with E-state index in [0.717, 1.165) is 16.9 Å². The zero-order valence-electron chi connectivity index (χ0n) is 18.0. The highest BCUT2D eigenvalue weighted by Crippen LogP contribution is 2.22. The molecule has 0 aliphatic rings. The van der Waals surface area contributed by atoms with Crippen LogP contribution in [-0.2, 0) is 11.4 Å². The molecule has 0 heterocycles. The van der Waals surface area contributed by atoms with Gasteiger partial charge in [-0.1, -0.05) is 53.0 Å². The number of rotatable bonds is 9. The number of aryl methyl sites for hydroxylation is 1. The van der Waals surface area contributed by atoms with Crippen LogP contribution in [0.25, 0.3) is 0 Å². The lowest BCUT2D eigenvalue weighted by molar-refractivity contribution is -0.120. The van der Waals surface area contributed by atoms with Gasteiger partial charge in [0.2, 0.25) is 5.91 Å². The molecule has 0 aliphatic heterocycles. The number of nitrogens with one attached hydrogen (secondary N) is 2. The topological polar surface area (TPSA) is 79.8 Å². The molecule has 0 spiro atoms. The molecule has 0 aliphatic carbocycles. The number of nitrogens with zero attached hydrogens (tertiary/aromatic N) is 1. The second-order valence-corrected chi connectivity index (χ2v) is 8.09. The average molecular weight is 484 g/mol. The van der Waals surface area contributed by atoms with Crippen LogP contribution in [0.3, 0.4) is 0 Å². The Labute approximate surface area is 202 Å². The summed E-state index contributed by atoms with van der Waals surface area (Å²) in [5.74, 6) is 0.0868. The fourth-order valence-electron chi connectivity index (χ4n) is 2.88. The molecule has 0 aromatic heterocycles. The summed E-state index contributed by atoms with van der Waals surface area (Å²) >= 11 is 11.7. The predicted molar refractivity (Wildman–Crippen MR) is 131 cm³/mol. The van der Waals surface area contributed by atoms with Gasteiger partial charge in [-0.15, -0.1) is 0 Å². The number of hydrazone groups is 1. The minimum atomic E-state index is -0.338. The van der Waals surface area contributed by atoms with E-state index in [1.54, 1.807) is 12.1 Å². The van der Waals surface area contributed by atoms with Gasteiger partial charge >= 0.3 is 0 Å². The number of amides is 2. The Morgan fingerprint density at radius 3 is 2.52 bits per heavy atom. The van der Waals surface area contributed by atoms with Crippen molar-refractivity contribution < 1.29 is 14.3 Å². The summed E-state index contributed by atoms with van der Waals surface area (Å²) < 4.78 is 5.79. The van der Waals surface area contributed by atoms with E-state index in [4.69, 9.17) is 27.9 Å². The van der Waals surface area contributed by atoms with Gasteiger partial charge in [0.25, 0.3) is 5.91 Å². The Balaban J connectivity index is 1.38. The van der Waals surface area contributed by atoms with E-state index in [0.29, 0.717) is 22.2 Å². The van der Waals surface area contributed by atoms with Gasteiger partial charge in [0, 0.05) is 18.5 Å². The molecule has 0 saturated carbocycles. The van der Waals surface area contributed by atoms with Gasteiger partial charge < -0.3 is 10.1 Å². The first kappa shape index (κ1) is 24.3. The molecule has 3 rings (SSSR count). The number of hydrogen-bond acceptors (Lipinski definition) is 4. The zero-order chi connectivity index (χ0) is 23.6. The molecule has 2 N–H and O–H groups in total. The van der Waals surface area contributed by atoms with Crippen molar-refractivity contribution in [2.75, 3.05) is 6.54 Å². The molecule has 0 unspecified atom stereocenters. The fraction of sp³-hybridized carbons (Fsp3) is 0.160. The van der Waals surface area contributed by atoms with E-state index in [1.165, 1.54) is 17.8 Å². The van der Waals surface area contributed by atoms with Crippen LogP contribution >= 0.6 is 23.2 Å². The molecular weight excluding hydrogens is 461 g/mol. The highest BCUT2D eigenvalue weighted by Gasteiger charge is 2.08. The Hall–Kier alpha value is -3.35. The van der Waals surface area contributed by atoms with Gasteiger partial charge in [-0.25, -0.2) is 5.43 Å². The van der Waals surface area contributed by atoms with Gasteiger partial charge in [-0.3, -0.25) is 9.59 Å². The van der Waals surface area contributed by atoms with Gasteiger partial charge in [0.1, 0.15) is 12.4 Å². The fourth-order valence-corrected chi connectivity index (χ4v) is 3.18. The molecule has 0 fully saturated rings. The van der Waals surface area contributed by atoms with Gasteiger partial charge in [0.05, 0.1) is 16.3 Å². The summed E-state index contributed by atoms with van der Waals surface area (Å²) in [5, 5.41) is 7.26. The van der Waals surface area contributed by atoms with E-state index < -0.39 is 0 Å². The first-order valence-electron chi connectivity index (χ1n) is 10.2. The molecule has 8 heteroatoms. The summed E-state index contributed by atoms with van der Waals surface area (Å²) in [6.07, 6.45) is 1.62. The SMILES string of the molecule is Cc1cccc(COc2ccc(C=NNC(=O)CCNC(=O)c3ccc(Cl)c(Cl)c3)cc2)c1. The van der Waals surface area contributed by atoms with Crippen LogP contribution in [0.5, 0.6) is 5.75 Å². The molecule has 0 saturated heterocycles. The smallest absolute Gasteiger partial charge is 0.251 e. The van der Waals surface area contributed by atoms with Crippen LogP contribution in [0.2, 0.25) is 10.0 Å². The first-order chi connectivity index (χ1) is 15.9. The minimum Gasteiger partial charge on any atom is -0.489 e. The number of hydrogen-bond donors (Lipinski definition) is 2. The van der Waals surface area contributed by atoms with Crippen LogP contribution in [0, 0.1) is 6.92 Å². The van der Waals surface area contributed by atoms with Crippen LogP contribution in [0.1, 0.15) is 33.5 Å². The second kappa shape index (κ2) is 12.0. The van der Waals surface area contributed by atoms with Crippen LogP contribution < -0.4 is 15.5 Å². The van der Waals surface area contributed by atoms with Crippen molar-refractivity contribution in [2.24, 2.45) is 5.10 Å². The molecule has 0 atom stereocenters. The largest absolute Gasteiger partial charge is 0.489 e.